The number of aliphatic hydroxyl groups is 1. The van der Waals surface area contributed by atoms with Gasteiger partial charge in [0, 0.05) is 35.6 Å². The van der Waals surface area contributed by atoms with Crippen LogP contribution in [0.2, 0.25) is 0 Å². The van der Waals surface area contributed by atoms with Crippen molar-refractivity contribution in [1.29, 1.82) is 0 Å². The van der Waals surface area contributed by atoms with E-state index in [1.54, 1.807) is 6.07 Å². The molecule has 0 saturated heterocycles. The van der Waals surface area contributed by atoms with Gasteiger partial charge in [0.05, 0.1) is 23.8 Å². The van der Waals surface area contributed by atoms with Gasteiger partial charge in [-0.25, -0.2) is 4.79 Å². The topological polar surface area (TPSA) is 151 Å². The number of hydrogen-bond acceptors (Lipinski definition) is 9. The summed E-state index contributed by atoms with van der Waals surface area (Å²) in [7, 11) is 1.33. The number of benzene rings is 3. The first-order valence-electron chi connectivity index (χ1n) is 11.3. The van der Waals surface area contributed by atoms with Crippen LogP contribution in [0.3, 0.4) is 0 Å². The summed E-state index contributed by atoms with van der Waals surface area (Å²) in [6, 6.07) is 5.78. The molecule has 182 valence electrons. The third-order valence-electron chi connectivity index (χ3n) is 7.09. The zero-order valence-electron chi connectivity index (χ0n) is 19.3. The lowest BCUT2D eigenvalue weighted by Gasteiger charge is -2.33. The molecular weight excluding hydrogens is 468 g/mol. The van der Waals surface area contributed by atoms with Gasteiger partial charge in [0.25, 0.3) is 0 Å². The van der Waals surface area contributed by atoms with Crippen LogP contribution in [-0.2, 0) is 24.0 Å². The molecule has 3 aromatic rings. The van der Waals surface area contributed by atoms with Crippen LogP contribution in [0, 0.1) is 0 Å². The van der Waals surface area contributed by atoms with E-state index in [0.717, 1.165) is 0 Å². The zero-order chi connectivity index (χ0) is 25.7. The summed E-state index contributed by atoms with van der Waals surface area (Å²) in [5.74, 6) is -5.29. The lowest BCUT2D eigenvalue weighted by Crippen LogP contribution is -2.38. The van der Waals surface area contributed by atoms with Gasteiger partial charge in [-0.05, 0) is 30.0 Å². The summed E-state index contributed by atoms with van der Waals surface area (Å²) in [5.41, 5.74) is 0.751. The molecule has 3 aromatic carbocycles. The average molecular weight is 488 g/mol. The van der Waals surface area contributed by atoms with Gasteiger partial charge < -0.3 is 29.9 Å². The standard InChI is InChI=1S/C27H20O9/c1-27(34)9-11-8-10-6-7-13-18(15(10)22(30)16(11)26(33)36-27)24(32)19-20(25(13)35-2)23(31)17-12(21(19)29)4-3-5-14(17)28/h3-5,8,28,30,32,34H,6-7,9H2,1-2H3. The van der Waals surface area contributed by atoms with Crippen molar-refractivity contribution < 1.29 is 44.3 Å². The molecule has 0 amide bonds. The first-order valence-corrected chi connectivity index (χ1v) is 11.3. The van der Waals surface area contributed by atoms with Gasteiger partial charge in [0.2, 0.25) is 11.6 Å². The number of carbonyl (C=O) groups excluding carboxylic acids is 3. The van der Waals surface area contributed by atoms with Gasteiger partial charge in [-0.15, -0.1) is 0 Å². The van der Waals surface area contributed by atoms with Gasteiger partial charge in [-0.1, -0.05) is 18.2 Å². The quantitative estimate of drug-likeness (QED) is 0.297. The fourth-order valence-electron chi connectivity index (χ4n) is 5.69. The molecule has 4 N–H and O–H groups in total. The highest BCUT2D eigenvalue weighted by Crippen LogP contribution is 2.54. The van der Waals surface area contributed by atoms with Gasteiger partial charge in [-0.2, -0.15) is 0 Å². The molecule has 36 heavy (non-hydrogen) atoms. The summed E-state index contributed by atoms with van der Waals surface area (Å²) in [4.78, 5) is 39.6. The van der Waals surface area contributed by atoms with Crippen molar-refractivity contribution in [1.82, 2.24) is 0 Å². The normalized spacial score (nSPS) is 19.5. The number of esters is 1. The van der Waals surface area contributed by atoms with Gasteiger partial charge in [0.15, 0.2) is 5.78 Å². The van der Waals surface area contributed by atoms with Crippen molar-refractivity contribution in [2.75, 3.05) is 7.11 Å². The minimum atomic E-state index is -1.73. The number of fused-ring (bicyclic) bond motifs is 6. The number of aromatic hydroxyl groups is 3. The lowest BCUT2D eigenvalue weighted by atomic mass is 9.74. The molecule has 0 saturated carbocycles. The molecule has 0 aromatic heterocycles. The molecule has 9 heteroatoms. The Morgan fingerprint density at radius 1 is 0.861 bits per heavy atom. The summed E-state index contributed by atoms with van der Waals surface area (Å²) in [5, 5.41) is 43.3. The number of carbonyl (C=O) groups is 3. The van der Waals surface area contributed by atoms with E-state index in [0.29, 0.717) is 29.5 Å². The van der Waals surface area contributed by atoms with E-state index < -0.39 is 34.8 Å². The van der Waals surface area contributed by atoms with Crippen LogP contribution in [0.15, 0.2) is 24.3 Å². The van der Waals surface area contributed by atoms with E-state index in [-0.39, 0.29) is 56.9 Å². The molecule has 9 nitrogen and oxygen atoms in total. The monoisotopic (exact) mass is 488 g/mol. The number of methoxy groups -OCH3 is 1. The number of cyclic esters (lactones) is 1. The average Bonchev–Trinajstić information content (AvgIpc) is 2.80. The highest BCUT2D eigenvalue weighted by Gasteiger charge is 2.43. The number of aryl methyl sites for hydroxylation is 1. The molecule has 3 aliphatic rings. The number of phenols is 3. The van der Waals surface area contributed by atoms with E-state index in [1.807, 2.05) is 0 Å². The molecule has 0 bridgehead atoms. The predicted octanol–water partition coefficient (Wildman–Crippen LogP) is 2.77. The van der Waals surface area contributed by atoms with Gasteiger partial charge in [0.1, 0.15) is 28.6 Å². The number of ketones is 2. The molecule has 2 aliphatic carbocycles. The fourth-order valence-corrected chi connectivity index (χ4v) is 5.69. The maximum atomic E-state index is 13.5. The maximum Gasteiger partial charge on any atom is 0.344 e. The Labute approximate surface area is 204 Å². The number of rotatable bonds is 1. The first kappa shape index (κ1) is 22.1. The van der Waals surface area contributed by atoms with E-state index in [4.69, 9.17) is 9.47 Å². The van der Waals surface area contributed by atoms with Crippen LogP contribution >= 0.6 is 0 Å². The largest absolute Gasteiger partial charge is 0.507 e. The smallest absolute Gasteiger partial charge is 0.344 e. The molecule has 0 spiro atoms. The summed E-state index contributed by atoms with van der Waals surface area (Å²) in [6.45, 7) is 1.35. The van der Waals surface area contributed by atoms with Crippen LogP contribution in [0.25, 0.3) is 11.1 Å². The predicted molar refractivity (Wildman–Crippen MR) is 124 cm³/mol. The van der Waals surface area contributed by atoms with Crippen LogP contribution < -0.4 is 4.74 Å². The summed E-state index contributed by atoms with van der Waals surface area (Å²) < 4.78 is 10.6. The van der Waals surface area contributed by atoms with Crippen molar-refractivity contribution in [2.24, 2.45) is 0 Å². The first-order chi connectivity index (χ1) is 17.1. The van der Waals surface area contributed by atoms with Gasteiger partial charge >= 0.3 is 5.97 Å². The number of hydrogen-bond donors (Lipinski definition) is 4. The molecule has 6 rings (SSSR count). The Bertz CT molecular complexity index is 1580. The number of phenolic OH excluding ortho intramolecular Hbond substituents is 3. The molecule has 1 aliphatic heterocycles. The molecule has 1 unspecified atom stereocenters. The summed E-state index contributed by atoms with van der Waals surface area (Å²) in [6.07, 6.45) is 0.619. The van der Waals surface area contributed by atoms with E-state index in [9.17, 15) is 34.8 Å². The van der Waals surface area contributed by atoms with Crippen molar-refractivity contribution in [3.05, 3.63) is 68.8 Å². The van der Waals surface area contributed by atoms with Crippen LogP contribution in [-0.4, -0.2) is 50.9 Å². The van der Waals surface area contributed by atoms with Crippen LogP contribution in [0.4, 0.5) is 0 Å². The highest BCUT2D eigenvalue weighted by molar-refractivity contribution is 6.32. The SMILES string of the molecule is COc1c2c(c(O)c3c1C(=O)c1c(O)cccc1C3=O)-c1c(cc3c(c1O)C(=O)OC(C)(O)C3)CC2. The molecule has 1 heterocycles. The summed E-state index contributed by atoms with van der Waals surface area (Å²) >= 11 is 0. The maximum absolute atomic E-state index is 13.5. The van der Waals surface area contributed by atoms with Crippen molar-refractivity contribution in [2.45, 2.75) is 32.0 Å². The van der Waals surface area contributed by atoms with Crippen molar-refractivity contribution in [3.63, 3.8) is 0 Å². The highest BCUT2D eigenvalue weighted by atomic mass is 16.7. The molecular formula is C27H20O9. The van der Waals surface area contributed by atoms with E-state index >= 15 is 0 Å². The molecule has 0 fully saturated rings. The minimum absolute atomic E-state index is 0.0332. The third-order valence-corrected chi connectivity index (χ3v) is 7.09. The van der Waals surface area contributed by atoms with Crippen molar-refractivity contribution in [3.8, 4) is 34.1 Å². The third kappa shape index (κ3) is 2.71. The second-order valence-electron chi connectivity index (χ2n) is 9.38. The number of ether oxygens (including phenoxy) is 2. The van der Waals surface area contributed by atoms with Gasteiger partial charge in [-0.3, -0.25) is 9.59 Å². The van der Waals surface area contributed by atoms with Crippen LogP contribution in [0.5, 0.6) is 23.0 Å². The molecule has 1 atom stereocenters. The Kier molecular flexibility index (Phi) is 4.35. The zero-order valence-corrected chi connectivity index (χ0v) is 19.3. The lowest BCUT2D eigenvalue weighted by molar-refractivity contribution is -0.154. The second kappa shape index (κ2) is 7.08. The van der Waals surface area contributed by atoms with Crippen molar-refractivity contribution >= 4 is 17.5 Å². The second-order valence-corrected chi connectivity index (χ2v) is 9.38. The Balaban J connectivity index is 1.68. The van der Waals surface area contributed by atoms with E-state index in [1.165, 1.54) is 32.2 Å². The fraction of sp³-hybridized carbons (Fsp3) is 0.222. The van der Waals surface area contributed by atoms with Crippen LogP contribution in [0.1, 0.15) is 65.8 Å². The Morgan fingerprint density at radius 2 is 1.58 bits per heavy atom. The molecule has 0 radical (unpaired) electrons. The Morgan fingerprint density at radius 3 is 2.31 bits per heavy atom. The van der Waals surface area contributed by atoms with E-state index in [2.05, 4.69) is 0 Å². The Hall–Kier alpha value is -4.37. The minimum Gasteiger partial charge on any atom is -0.507 e.